The van der Waals surface area contributed by atoms with Gasteiger partial charge in [0.25, 0.3) is 5.91 Å². The highest BCUT2D eigenvalue weighted by molar-refractivity contribution is 5.83. The van der Waals surface area contributed by atoms with Gasteiger partial charge in [-0.1, -0.05) is 0 Å². The van der Waals surface area contributed by atoms with E-state index in [0.717, 1.165) is 16.5 Å². The van der Waals surface area contributed by atoms with Gasteiger partial charge in [-0.05, 0) is 63.1 Å². The monoisotopic (exact) mass is 380 g/mol. The zero-order valence-electron chi connectivity index (χ0n) is 16.6. The molecule has 3 rings (SSSR count). The number of benzene rings is 1. The molecule has 1 aromatic carbocycles. The molecule has 0 N–H and O–H groups in total. The average Bonchev–Trinajstić information content (AvgIpc) is 2.70. The minimum atomic E-state index is -0.669. The molecule has 0 saturated carbocycles. The van der Waals surface area contributed by atoms with Crippen molar-refractivity contribution in [3.8, 4) is 5.75 Å². The van der Waals surface area contributed by atoms with Crippen LogP contribution in [0.4, 0.5) is 0 Å². The molecule has 0 radical (unpaired) electrons. The predicted octanol–water partition coefficient (Wildman–Crippen LogP) is 3.62. The molecule has 0 aliphatic rings. The van der Waals surface area contributed by atoms with E-state index >= 15 is 0 Å². The summed E-state index contributed by atoms with van der Waals surface area (Å²) in [6.07, 6.45) is 2.75. The lowest BCUT2D eigenvalue weighted by Crippen LogP contribution is -2.40. The minimum Gasteiger partial charge on any atom is -0.481 e. The largest absolute Gasteiger partial charge is 0.481 e. The van der Waals surface area contributed by atoms with Gasteiger partial charge in [0.1, 0.15) is 11.3 Å². The number of carbonyl (C=O) groups excluding carboxylic acids is 1. The van der Waals surface area contributed by atoms with Crippen molar-refractivity contribution in [2.24, 2.45) is 0 Å². The maximum absolute atomic E-state index is 12.8. The molecule has 2 heterocycles. The molecule has 0 fully saturated rings. The zero-order chi connectivity index (χ0) is 20.3. The van der Waals surface area contributed by atoms with E-state index in [-0.39, 0.29) is 11.5 Å². The fraction of sp³-hybridized carbons (Fsp3) is 0.318. The van der Waals surface area contributed by atoms with E-state index in [1.54, 1.807) is 43.3 Å². The summed E-state index contributed by atoms with van der Waals surface area (Å²) in [4.78, 5) is 30.5. The van der Waals surface area contributed by atoms with Crippen LogP contribution in [0.25, 0.3) is 11.0 Å². The number of pyridine rings is 1. The van der Waals surface area contributed by atoms with Crippen LogP contribution in [-0.2, 0) is 11.3 Å². The van der Waals surface area contributed by atoms with Crippen LogP contribution in [0, 0.1) is 13.8 Å². The average molecular weight is 380 g/mol. The number of rotatable bonds is 6. The second-order valence-electron chi connectivity index (χ2n) is 6.77. The summed E-state index contributed by atoms with van der Waals surface area (Å²) < 4.78 is 11.2. The lowest BCUT2D eigenvalue weighted by Gasteiger charge is -2.25. The lowest BCUT2D eigenvalue weighted by molar-refractivity contribution is -0.138. The van der Waals surface area contributed by atoms with E-state index in [1.165, 1.54) is 0 Å². The zero-order valence-corrected chi connectivity index (χ0v) is 16.6. The van der Waals surface area contributed by atoms with E-state index < -0.39 is 6.10 Å². The van der Waals surface area contributed by atoms with Crippen LogP contribution in [0.2, 0.25) is 0 Å². The van der Waals surface area contributed by atoms with Gasteiger partial charge in [0.2, 0.25) is 0 Å². The van der Waals surface area contributed by atoms with Gasteiger partial charge in [0.05, 0.1) is 0 Å². The number of nitrogens with zero attached hydrogens (tertiary/aromatic N) is 2. The Hall–Kier alpha value is -3.15. The third-order valence-corrected chi connectivity index (χ3v) is 4.91. The number of hydrogen-bond acceptors (Lipinski definition) is 5. The number of hydrogen-bond donors (Lipinski definition) is 0. The van der Waals surface area contributed by atoms with Crippen LogP contribution in [-0.4, -0.2) is 28.4 Å². The number of aromatic nitrogens is 1. The molecule has 146 valence electrons. The summed E-state index contributed by atoms with van der Waals surface area (Å²) in [5, 5.41) is 0.858. The Morgan fingerprint density at radius 1 is 1.18 bits per heavy atom. The molecule has 1 unspecified atom stereocenters. The van der Waals surface area contributed by atoms with Gasteiger partial charge in [-0.25, -0.2) is 4.79 Å². The van der Waals surface area contributed by atoms with Crippen molar-refractivity contribution in [2.45, 2.75) is 40.3 Å². The predicted molar refractivity (Wildman–Crippen MR) is 107 cm³/mol. The molecule has 6 nitrogen and oxygen atoms in total. The van der Waals surface area contributed by atoms with E-state index in [1.807, 2.05) is 32.0 Å². The summed E-state index contributed by atoms with van der Waals surface area (Å²) in [6, 6.07) is 9.07. The van der Waals surface area contributed by atoms with Crippen LogP contribution in [0.1, 0.15) is 30.5 Å². The molecule has 28 heavy (non-hydrogen) atoms. The minimum absolute atomic E-state index is 0.110. The van der Waals surface area contributed by atoms with Gasteiger partial charge < -0.3 is 14.1 Å². The molecule has 0 saturated heterocycles. The molecule has 1 amide bonds. The number of ether oxygens (including phenoxy) is 1. The van der Waals surface area contributed by atoms with Crippen molar-refractivity contribution in [1.29, 1.82) is 0 Å². The van der Waals surface area contributed by atoms with Crippen LogP contribution in [0.3, 0.4) is 0 Å². The molecule has 0 aliphatic heterocycles. The second-order valence-corrected chi connectivity index (χ2v) is 6.77. The second kappa shape index (κ2) is 8.25. The SMILES string of the molecule is CCN(Cc1ccncc1)C(=O)C(C)Oc1ccc2c(C)c(C)c(=O)oc2c1. The highest BCUT2D eigenvalue weighted by atomic mass is 16.5. The van der Waals surface area contributed by atoms with Crippen molar-refractivity contribution < 1.29 is 13.9 Å². The highest BCUT2D eigenvalue weighted by Gasteiger charge is 2.21. The van der Waals surface area contributed by atoms with Gasteiger partial charge in [0.15, 0.2) is 6.10 Å². The molecular formula is C22H24N2O4. The van der Waals surface area contributed by atoms with Crippen molar-refractivity contribution in [2.75, 3.05) is 6.54 Å². The fourth-order valence-electron chi connectivity index (χ4n) is 3.07. The first kappa shape index (κ1) is 19.6. The molecular weight excluding hydrogens is 356 g/mol. The van der Waals surface area contributed by atoms with Crippen LogP contribution in [0.5, 0.6) is 5.75 Å². The standard InChI is InChI=1S/C22H24N2O4/c1-5-24(13-17-8-10-23-11-9-17)21(25)16(4)27-18-6-7-19-14(2)15(3)22(26)28-20(19)12-18/h6-12,16H,5,13H2,1-4H3. The number of likely N-dealkylation sites (N-methyl/N-ethyl adjacent to an activating group) is 1. The van der Waals surface area contributed by atoms with Gasteiger partial charge in [0, 0.05) is 42.5 Å². The smallest absolute Gasteiger partial charge is 0.339 e. The van der Waals surface area contributed by atoms with E-state index in [4.69, 9.17) is 9.15 Å². The third kappa shape index (κ3) is 4.06. The third-order valence-electron chi connectivity index (χ3n) is 4.91. The maximum atomic E-state index is 12.8. The maximum Gasteiger partial charge on any atom is 0.339 e. The number of carbonyl (C=O) groups is 1. The van der Waals surface area contributed by atoms with E-state index in [2.05, 4.69) is 4.98 Å². The summed E-state index contributed by atoms with van der Waals surface area (Å²) in [6.45, 7) is 8.35. The summed E-state index contributed by atoms with van der Waals surface area (Å²) >= 11 is 0. The van der Waals surface area contributed by atoms with E-state index in [9.17, 15) is 9.59 Å². The highest BCUT2D eigenvalue weighted by Crippen LogP contribution is 2.24. The molecule has 0 spiro atoms. The van der Waals surface area contributed by atoms with Crippen LogP contribution in [0.15, 0.2) is 51.9 Å². The first-order chi connectivity index (χ1) is 13.4. The topological polar surface area (TPSA) is 72.6 Å². The summed E-state index contributed by atoms with van der Waals surface area (Å²) in [7, 11) is 0. The summed E-state index contributed by atoms with van der Waals surface area (Å²) in [5.41, 5.74) is 2.58. The van der Waals surface area contributed by atoms with Crippen molar-refractivity contribution in [3.05, 3.63) is 69.8 Å². The Morgan fingerprint density at radius 2 is 1.89 bits per heavy atom. The summed E-state index contributed by atoms with van der Waals surface area (Å²) in [5.74, 6) is 0.376. The molecule has 1 atom stereocenters. The van der Waals surface area contributed by atoms with Gasteiger partial charge in [-0.15, -0.1) is 0 Å². The Balaban J connectivity index is 1.77. The molecule has 6 heteroatoms. The molecule has 0 aliphatic carbocycles. The van der Waals surface area contributed by atoms with Crippen molar-refractivity contribution >= 4 is 16.9 Å². The number of fused-ring (bicyclic) bond motifs is 1. The fourth-order valence-corrected chi connectivity index (χ4v) is 3.07. The normalized spacial score (nSPS) is 12.0. The first-order valence-electron chi connectivity index (χ1n) is 9.29. The van der Waals surface area contributed by atoms with Gasteiger partial charge in [-0.3, -0.25) is 9.78 Å². The number of amides is 1. The van der Waals surface area contributed by atoms with Crippen molar-refractivity contribution in [3.63, 3.8) is 0 Å². The molecule has 2 aromatic heterocycles. The molecule has 3 aromatic rings. The van der Waals surface area contributed by atoms with Gasteiger partial charge in [-0.2, -0.15) is 0 Å². The van der Waals surface area contributed by atoms with Gasteiger partial charge >= 0.3 is 5.63 Å². The van der Waals surface area contributed by atoms with Crippen molar-refractivity contribution in [1.82, 2.24) is 9.88 Å². The van der Waals surface area contributed by atoms with Crippen LogP contribution < -0.4 is 10.4 Å². The quantitative estimate of drug-likeness (QED) is 0.611. The van der Waals surface area contributed by atoms with Crippen LogP contribution >= 0.6 is 0 Å². The lowest BCUT2D eigenvalue weighted by atomic mass is 10.1. The Bertz CT molecular complexity index is 1040. The Morgan fingerprint density at radius 3 is 2.57 bits per heavy atom. The van der Waals surface area contributed by atoms with E-state index in [0.29, 0.717) is 30.0 Å². The molecule has 0 bridgehead atoms. The first-order valence-corrected chi connectivity index (χ1v) is 9.29. The number of aryl methyl sites for hydroxylation is 1. The Kier molecular flexibility index (Phi) is 5.78. The Labute approximate surface area is 163 Å².